The van der Waals surface area contributed by atoms with Crippen LogP contribution in [-0.2, 0) is 13.0 Å². The van der Waals surface area contributed by atoms with E-state index in [4.69, 9.17) is 14.7 Å². The van der Waals surface area contributed by atoms with Crippen LogP contribution in [-0.4, -0.2) is 93.4 Å². The zero-order valence-electron chi connectivity index (χ0n) is 22.5. The zero-order chi connectivity index (χ0) is 27.4. The molecule has 7 rings (SSSR count). The third-order valence-electron chi connectivity index (χ3n) is 9.13. The van der Waals surface area contributed by atoms with Crippen molar-refractivity contribution in [2.24, 2.45) is 0 Å². The molecule has 0 aliphatic carbocycles. The summed E-state index contributed by atoms with van der Waals surface area (Å²) in [7, 11) is 0. The Balaban J connectivity index is 1.23. The number of benzene rings is 2. The largest absolute Gasteiger partial charge is 0.508 e. The molecule has 0 spiro atoms. The van der Waals surface area contributed by atoms with Gasteiger partial charge in [0.25, 0.3) is 0 Å². The molecule has 4 aliphatic rings. The number of nitrogens with zero attached hydrogens (tertiary/aromatic N) is 5. The molecule has 3 fully saturated rings. The van der Waals surface area contributed by atoms with Crippen molar-refractivity contribution in [3.63, 3.8) is 0 Å². The Hall–Kier alpha value is -3.21. The van der Waals surface area contributed by atoms with E-state index in [0.717, 1.165) is 47.1 Å². The molecule has 0 radical (unpaired) electrons. The van der Waals surface area contributed by atoms with Gasteiger partial charge in [0.2, 0.25) is 0 Å². The molecule has 3 saturated heterocycles. The number of rotatable bonds is 5. The average molecular weight is 550 g/mol. The number of halogens is 1. The van der Waals surface area contributed by atoms with E-state index in [2.05, 4.69) is 15.9 Å². The monoisotopic (exact) mass is 549 g/mol. The predicted octanol–water partition coefficient (Wildman–Crippen LogP) is 2.79. The number of aromatic nitrogens is 2. The van der Waals surface area contributed by atoms with Crippen LogP contribution in [0.25, 0.3) is 10.8 Å². The molecule has 40 heavy (non-hydrogen) atoms. The van der Waals surface area contributed by atoms with Crippen molar-refractivity contribution in [3.05, 3.63) is 47.7 Å². The molecule has 5 heterocycles. The van der Waals surface area contributed by atoms with Gasteiger partial charge in [-0.25, -0.2) is 4.39 Å². The van der Waals surface area contributed by atoms with E-state index in [0.29, 0.717) is 64.4 Å². The number of ether oxygens (including phenoxy) is 1. The fraction of sp³-hybridized carbons (Fsp3) is 0.533. The van der Waals surface area contributed by atoms with Gasteiger partial charge < -0.3 is 29.9 Å². The van der Waals surface area contributed by atoms with Gasteiger partial charge in [-0.3, -0.25) is 4.90 Å². The minimum absolute atomic E-state index is 0.214. The summed E-state index contributed by atoms with van der Waals surface area (Å²) in [6.45, 7) is 3.62. The van der Waals surface area contributed by atoms with Gasteiger partial charge in [0.1, 0.15) is 24.3 Å². The molecule has 10 heteroatoms. The molecular weight excluding hydrogens is 513 g/mol. The average Bonchev–Trinajstić information content (AvgIpc) is 3.45. The van der Waals surface area contributed by atoms with Crippen LogP contribution in [0.1, 0.15) is 36.9 Å². The molecule has 4 aliphatic heterocycles. The van der Waals surface area contributed by atoms with E-state index in [1.165, 1.54) is 0 Å². The van der Waals surface area contributed by atoms with Crippen LogP contribution in [0.2, 0.25) is 0 Å². The van der Waals surface area contributed by atoms with Gasteiger partial charge in [0.15, 0.2) is 0 Å². The van der Waals surface area contributed by atoms with Crippen molar-refractivity contribution < 1.29 is 24.4 Å². The second-order valence-electron chi connectivity index (χ2n) is 11.9. The highest BCUT2D eigenvalue weighted by atomic mass is 19.1. The highest BCUT2D eigenvalue weighted by Gasteiger charge is 2.49. The summed E-state index contributed by atoms with van der Waals surface area (Å²) in [5.74, 6) is 0.903. The van der Waals surface area contributed by atoms with Crippen LogP contribution in [0.3, 0.4) is 0 Å². The maximum absolute atomic E-state index is 14.4. The fourth-order valence-electron chi connectivity index (χ4n) is 7.32. The number of aliphatic hydroxyl groups excluding tert-OH is 2. The van der Waals surface area contributed by atoms with E-state index in [1.54, 1.807) is 12.1 Å². The molecular formula is C30H36FN5O4. The first-order chi connectivity index (χ1) is 19.4. The summed E-state index contributed by atoms with van der Waals surface area (Å²) < 4.78 is 20.6. The number of hydrogen-bond donors (Lipinski definition) is 3. The number of phenolic OH excluding ortho intramolecular Hbond substituents is 1. The van der Waals surface area contributed by atoms with Crippen LogP contribution >= 0.6 is 0 Å². The molecule has 3 N–H and O–H groups in total. The van der Waals surface area contributed by atoms with Crippen LogP contribution in [0, 0.1) is 0 Å². The van der Waals surface area contributed by atoms with Crippen LogP contribution < -0.4 is 14.5 Å². The Labute approximate surface area is 232 Å². The number of fused-ring (bicyclic) bond motifs is 3. The topological polar surface area (TPSA) is 105 Å². The van der Waals surface area contributed by atoms with Crippen molar-refractivity contribution in [2.75, 3.05) is 49.1 Å². The first-order valence-electron chi connectivity index (χ1n) is 14.4. The lowest BCUT2D eigenvalue weighted by molar-refractivity contribution is 0.0645. The molecule has 0 bridgehead atoms. The molecule has 0 saturated carbocycles. The number of aliphatic hydroxyl groups is 2. The first-order valence-corrected chi connectivity index (χ1v) is 14.4. The minimum atomic E-state index is -0.842. The molecule has 3 aromatic rings. The lowest BCUT2D eigenvalue weighted by atomic mass is 9.95. The molecule has 2 aromatic carbocycles. The van der Waals surface area contributed by atoms with E-state index in [-0.39, 0.29) is 17.3 Å². The lowest BCUT2D eigenvalue weighted by Crippen LogP contribution is -2.47. The van der Waals surface area contributed by atoms with E-state index < -0.39 is 18.4 Å². The van der Waals surface area contributed by atoms with Gasteiger partial charge in [-0.15, -0.1) is 0 Å². The van der Waals surface area contributed by atoms with Crippen molar-refractivity contribution >= 4 is 22.3 Å². The molecule has 9 nitrogen and oxygen atoms in total. The highest BCUT2D eigenvalue weighted by Crippen LogP contribution is 2.41. The standard InChI is InChI=1S/C30H36FN5O4/c31-20-13-30(7-3-8-36(30)14-20)18-40-29-32-26-17-34(27-12-21(37)10-19-4-1-2-5-24(19)27)9-6-25(26)28(33-29)35-15-22(38)11-23(39)16-35/h1-2,4-5,10,12,20,22-23,37-39H,3,6-9,11,13-18H2/t20-,22-,23-,30+/m1/s1. The molecule has 212 valence electrons. The Bertz CT molecular complexity index is 1410. The van der Waals surface area contributed by atoms with Gasteiger partial charge in [-0.1, -0.05) is 24.3 Å². The summed E-state index contributed by atoms with van der Waals surface area (Å²) in [6, 6.07) is 11.8. The van der Waals surface area contributed by atoms with Crippen molar-refractivity contribution in [1.82, 2.24) is 14.9 Å². The maximum atomic E-state index is 14.4. The van der Waals surface area contributed by atoms with Crippen molar-refractivity contribution in [3.8, 4) is 11.8 Å². The smallest absolute Gasteiger partial charge is 0.318 e. The quantitative estimate of drug-likeness (QED) is 0.443. The zero-order valence-corrected chi connectivity index (χ0v) is 22.5. The number of aromatic hydroxyl groups is 1. The first kappa shape index (κ1) is 25.7. The lowest BCUT2D eigenvalue weighted by Gasteiger charge is -2.38. The summed E-state index contributed by atoms with van der Waals surface area (Å²) >= 11 is 0. The van der Waals surface area contributed by atoms with Gasteiger partial charge in [0.05, 0.1) is 30.0 Å². The Morgan fingerprint density at radius 1 is 1.02 bits per heavy atom. The van der Waals surface area contributed by atoms with Gasteiger partial charge in [-0.2, -0.15) is 9.97 Å². The summed E-state index contributed by atoms with van der Waals surface area (Å²) in [6.07, 6.45) is 1.26. The Morgan fingerprint density at radius 3 is 2.70 bits per heavy atom. The number of anilines is 2. The third-order valence-corrected chi connectivity index (χ3v) is 9.13. The summed E-state index contributed by atoms with van der Waals surface area (Å²) in [5, 5.41) is 33.3. The second-order valence-corrected chi connectivity index (χ2v) is 11.9. The number of hydrogen-bond acceptors (Lipinski definition) is 9. The van der Waals surface area contributed by atoms with Gasteiger partial charge >= 0.3 is 6.01 Å². The summed E-state index contributed by atoms with van der Waals surface area (Å²) in [5.41, 5.74) is 2.43. The second kappa shape index (κ2) is 10.0. The number of β-amino-alcohol motifs (C(OH)–C–C–N with tert-alkyl or cyclic N) is 2. The van der Waals surface area contributed by atoms with Crippen LogP contribution in [0.5, 0.6) is 11.8 Å². The minimum Gasteiger partial charge on any atom is -0.508 e. The fourth-order valence-corrected chi connectivity index (χ4v) is 7.32. The number of alkyl halides is 1. The Morgan fingerprint density at radius 2 is 1.85 bits per heavy atom. The van der Waals surface area contributed by atoms with E-state index in [9.17, 15) is 19.7 Å². The van der Waals surface area contributed by atoms with E-state index in [1.807, 2.05) is 23.1 Å². The SMILES string of the molecule is Oc1cc(N2CCc3c(nc(OC[C@@]45CCCN4C[C@H](F)C5)nc3N3C[C@H](O)C[C@@H](O)C3)C2)c2ccccc2c1. The maximum Gasteiger partial charge on any atom is 0.318 e. The third kappa shape index (κ3) is 4.61. The molecule has 0 amide bonds. The van der Waals surface area contributed by atoms with Gasteiger partial charge in [-0.05, 0) is 37.3 Å². The molecule has 4 atom stereocenters. The number of phenols is 1. The number of piperidine rings is 1. The van der Waals surface area contributed by atoms with Gasteiger partial charge in [0, 0.05) is 61.7 Å². The Kier molecular flexibility index (Phi) is 6.44. The van der Waals surface area contributed by atoms with Crippen LogP contribution in [0.4, 0.5) is 15.9 Å². The van der Waals surface area contributed by atoms with Crippen molar-refractivity contribution in [1.29, 1.82) is 0 Å². The van der Waals surface area contributed by atoms with Crippen molar-refractivity contribution in [2.45, 2.75) is 62.6 Å². The van der Waals surface area contributed by atoms with Crippen LogP contribution in [0.15, 0.2) is 36.4 Å². The highest BCUT2D eigenvalue weighted by molar-refractivity contribution is 5.95. The normalized spacial score (nSPS) is 28.6. The molecule has 1 aromatic heterocycles. The summed E-state index contributed by atoms with van der Waals surface area (Å²) in [4.78, 5) is 16.1. The van der Waals surface area contributed by atoms with E-state index >= 15 is 0 Å². The molecule has 0 unspecified atom stereocenters. The predicted molar refractivity (Wildman–Crippen MR) is 150 cm³/mol.